The summed E-state index contributed by atoms with van der Waals surface area (Å²) in [5, 5.41) is 4.35. The van der Waals surface area contributed by atoms with E-state index in [0.717, 1.165) is 13.0 Å². The van der Waals surface area contributed by atoms with E-state index in [4.69, 9.17) is 5.73 Å². The van der Waals surface area contributed by atoms with Crippen LogP contribution < -0.4 is 5.73 Å². The summed E-state index contributed by atoms with van der Waals surface area (Å²) in [6.45, 7) is 3.03. The Morgan fingerprint density at radius 3 is 2.58 bits per heavy atom. The van der Waals surface area contributed by atoms with Crippen LogP contribution in [0, 0.1) is 0 Å². The Labute approximate surface area is 117 Å². The zero-order valence-electron chi connectivity index (χ0n) is 12.6. The van der Waals surface area contributed by atoms with Crippen molar-refractivity contribution in [3.63, 3.8) is 0 Å². The maximum absolute atomic E-state index is 6.59. The smallest absolute Gasteiger partial charge is 0.0522 e. The Kier molecular flexibility index (Phi) is 4.63. The van der Waals surface area contributed by atoms with Crippen LogP contribution in [0.2, 0.25) is 0 Å². The molecule has 0 bridgehead atoms. The molecule has 0 aromatic carbocycles. The molecule has 1 aromatic rings. The van der Waals surface area contributed by atoms with Crippen LogP contribution in [0.3, 0.4) is 0 Å². The first-order valence-corrected chi connectivity index (χ1v) is 7.53. The van der Waals surface area contributed by atoms with Crippen LogP contribution >= 0.6 is 0 Å². The average molecular weight is 264 g/mol. The molecule has 0 amide bonds. The quantitative estimate of drug-likeness (QED) is 0.885. The van der Waals surface area contributed by atoms with Gasteiger partial charge in [0.05, 0.1) is 6.20 Å². The molecule has 4 nitrogen and oxygen atoms in total. The number of likely N-dealkylation sites (N-methyl/N-ethyl adjacent to an activating group) is 1. The summed E-state index contributed by atoms with van der Waals surface area (Å²) in [5.41, 5.74) is 8.03. The van der Waals surface area contributed by atoms with Gasteiger partial charge in [0.15, 0.2) is 0 Å². The monoisotopic (exact) mass is 264 g/mol. The fourth-order valence-electron chi connectivity index (χ4n) is 3.44. The van der Waals surface area contributed by atoms with Crippen molar-refractivity contribution in [3.8, 4) is 0 Å². The number of rotatable bonds is 5. The van der Waals surface area contributed by atoms with E-state index in [1.807, 2.05) is 10.9 Å². The van der Waals surface area contributed by atoms with Gasteiger partial charge in [-0.15, -0.1) is 0 Å². The Hall–Kier alpha value is -0.870. The number of hydrogen-bond acceptors (Lipinski definition) is 3. The number of aryl methyl sites for hydroxylation is 1. The predicted molar refractivity (Wildman–Crippen MR) is 79.1 cm³/mol. The van der Waals surface area contributed by atoms with Crippen molar-refractivity contribution in [2.75, 3.05) is 14.1 Å². The maximum atomic E-state index is 6.59. The van der Waals surface area contributed by atoms with Gasteiger partial charge in [0, 0.05) is 24.3 Å². The summed E-state index contributed by atoms with van der Waals surface area (Å²) in [7, 11) is 4.36. The van der Waals surface area contributed by atoms with Crippen molar-refractivity contribution in [1.29, 1.82) is 0 Å². The zero-order valence-corrected chi connectivity index (χ0v) is 12.6. The second kappa shape index (κ2) is 6.06. The third-order valence-electron chi connectivity index (χ3n) is 4.77. The molecule has 1 aliphatic carbocycles. The highest BCUT2D eigenvalue weighted by Gasteiger charge is 2.39. The predicted octanol–water partition coefficient (Wildman–Crippen LogP) is 2.04. The van der Waals surface area contributed by atoms with Crippen LogP contribution in [0.1, 0.15) is 44.6 Å². The Balaban J connectivity index is 2.09. The van der Waals surface area contributed by atoms with E-state index in [-0.39, 0.29) is 11.6 Å². The maximum Gasteiger partial charge on any atom is 0.0522 e. The third kappa shape index (κ3) is 3.00. The summed E-state index contributed by atoms with van der Waals surface area (Å²) in [5.74, 6) is 0. The summed E-state index contributed by atoms with van der Waals surface area (Å²) in [6.07, 6.45) is 11.4. The second-order valence-electron chi connectivity index (χ2n) is 6.07. The van der Waals surface area contributed by atoms with Crippen LogP contribution in [0.4, 0.5) is 0 Å². The first-order chi connectivity index (χ1) is 9.08. The normalized spacial score (nSPS) is 20.7. The fraction of sp³-hybridized carbons (Fsp3) is 0.800. The molecule has 19 heavy (non-hydrogen) atoms. The molecule has 2 N–H and O–H groups in total. The largest absolute Gasteiger partial charge is 0.326 e. The van der Waals surface area contributed by atoms with Gasteiger partial charge >= 0.3 is 0 Å². The van der Waals surface area contributed by atoms with Gasteiger partial charge in [0.2, 0.25) is 0 Å². The average Bonchev–Trinajstić information content (AvgIpc) is 2.87. The molecule has 1 saturated carbocycles. The lowest BCUT2D eigenvalue weighted by Gasteiger charge is -2.47. The molecule has 0 aliphatic heterocycles. The summed E-state index contributed by atoms with van der Waals surface area (Å²) in [4.78, 5) is 2.36. The molecule has 0 spiro atoms. The van der Waals surface area contributed by atoms with Gasteiger partial charge in [-0.2, -0.15) is 5.10 Å². The molecule has 0 radical (unpaired) electrons. The summed E-state index contributed by atoms with van der Waals surface area (Å²) >= 11 is 0. The molecule has 2 rings (SSSR count). The number of nitrogens with two attached hydrogens (primary N) is 1. The van der Waals surface area contributed by atoms with Crippen LogP contribution in [-0.2, 0) is 13.0 Å². The van der Waals surface area contributed by atoms with E-state index in [2.05, 4.69) is 37.2 Å². The van der Waals surface area contributed by atoms with Crippen molar-refractivity contribution >= 4 is 0 Å². The Bertz CT molecular complexity index is 391. The van der Waals surface area contributed by atoms with Crippen molar-refractivity contribution in [3.05, 3.63) is 18.0 Å². The highest BCUT2D eigenvalue weighted by Crippen LogP contribution is 2.35. The van der Waals surface area contributed by atoms with Gasteiger partial charge in [0.1, 0.15) is 0 Å². The van der Waals surface area contributed by atoms with E-state index in [0.29, 0.717) is 0 Å². The molecule has 0 saturated heterocycles. The molecule has 1 heterocycles. The molecule has 4 heteroatoms. The Morgan fingerprint density at radius 2 is 2.05 bits per heavy atom. The highest BCUT2D eigenvalue weighted by molar-refractivity contribution is 5.11. The SMILES string of the molecule is CCn1cc(CC(N)C2(N(C)C)CCCCC2)cn1. The summed E-state index contributed by atoms with van der Waals surface area (Å²) < 4.78 is 1.98. The second-order valence-corrected chi connectivity index (χ2v) is 6.07. The van der Waals surface area contributed by atoms with Crippen LogP contribution in [0.5, 0.6) is 0 Å². The van der Waals surface area contributed by atoms with Crippen molar-refractivity contribution < 1.29 is 0 Å². The standard InChI is InChI=1S/C15H28N4/c1-4-19-12-13(11-17-19)10-14(16)15(18(2)3)8-6-5-7-9-15/h11-12,14H,4-10,16H2,1-3H3. The molecule has 1 aromatic heterocycles. The van der Waals surface area contributed by atoms with Crippen LogP contribution in [0.15, 0.2) is 12.4 Å². The molecule has 1 unspecified atom stereocenters. The molecular weight excluding hydrogens is 236 g/mol. The van der Waals surface area contributed by atoms with E-state index < -0.39 is 0 Å². The van der Waals surface area contributed by atoms with Gasteiger partial charge < -0.3 is 10.6 Å². The minimum Gasteiger partial charge on any atom is -0.326 e. The lowest BCUT2D eigenvalue weighted by atomic mass is 9.74. The Morgan fingerprint density at radius 1 is 1.37 bits per heavy atom. The number of aromatic nitrogens is 2. The third-order valence-corrected chi connectivity index (χ3v) is 4.77. The van der Waals surface area contributed by atoms with E-state index in [9.17, 15) is 0 Å². The zero-order chi connectivity index (χ0) is 13.9. The van der Waals surface area contributed by atoms with E-state index in [1.165, 1.54) is 37.7 Å². The highest BCUT2D eigenvalue weighted by atomic mass is 15.3. The van der Waals surface area contributed by atoms with E-state index in [1.54, 1.807) is 0 Å². The van der Waals surface area contributed by atoms with E-state index >= 15 is 0 Å². The van der Waals surface area contributed by atoms with Gasteiger partial charge in [-0.3, -0.25) is 4.68 Å². The van der Waals surface area contributed by atoms with Crippen LogP contribution in [-0.4, -0.2) is 40.4 Å². The minimum absolute atomic E-state index is 0.173. The fourth-order valence-corrected chi connectivity index (χ4v) is 3.44. The lowest BCUT2D eigenvalue weighted by Crippen LogP contribution is -2.59. The van der Waals surface area contributed by atoms with Gasteiger partial charge in [-0.05, 0) is 45.8 Å². The number of hydrogen-bond donors (Lipinski definition) is 1. The topological polar surface area (TPSA) is 47.1 Å². The minimum atomic E-state index is 0.173. The molecule has 1 aliphatic rings. The molecular formula is C15H28N4. The molecule has 108 valence electrons. The van der Waals surface area contributed by atoms with Crippen molar-refractivity contribution in [2.45, 2.75) is 63.6 Å². The van der Waals surface area contributed by atoms with Crippen LogP contribution in [0.25, 0.3) is 0 Å². The van der Waals surface area contributed by atoms with Crippen molar-refractivity contribution in [1.82, 2.24) is 14.7 Å². The first-order valence-electron chi connectivity index (χ1n) is 7.53. The van der Waals surface area contributed by atoms with Crippen molar-refractivity contribution in [2.24, 2.45) is 5.73 Å². The summed E-state index contributed by atoms with van der Waals surface area (Å²) in [6, 6.07) is 0.192. The van der Waals surface area contributed by atoms with Gasteiger partial charge in [-0.1, -0.05) is 19.3 Å². The molecule has 1 fully saturated rings. The van der Waals surface area contributed by atoms with Gasteiger partial charge in [-0.25, -0.2) is 0 Å². The lowest BCUT2D eigenvalue weighted by molar-refractivity contribution is 0.0716. The number of nitrogens with zero attached hydrogens (tertiary/aromatic N) is 3. The first kappa shape index (κ1) is 14.5. The molecule has 1 atom stereocenters. The van der Waals surface area contributed by atoms with Gasteiger partial charge in [0.25, 0.3) is 0 Å².